The van der Waals surface area contributed by atoms with Gasteiger partial charge >= 0.3 is 6.01 Å². The number of hydrogen-bond donors (Lipinski definition) is 1. The topological polar surface area (TPSA) is 50.8 Å². The first kappa shape index (κ1) is 10.6. The van der Waals surface area contributed by atoms with Gasteiger partial charge in [-0.3, -0.25) is 5.10 Å². The summed E-state index contributed by atoms with van der Waals surface area (Å²) in [4.78, 5) is 4.09. The Balaban J connectivity index is 2.18. The highest BCUT2D eigenvalue weighted by Crippen LogP contribution is 2.21. The number of hydrogen-bond acceptors (Lipinski definition) is 3. The van der Waals surface area contributed by atoms with Crippen LogP contribution in [0.4, 0.5) is 4.39 Å². The minimum atomic E-state index is -0.432. The minimum absolute atomic E-state index is 0.122. The van der Waals surface area contributed by atoms with E-state index in [1.165, 1.54) is 12.1 Å². The number of ether oxygens (including phenoxy) is 1. The molecule has 0 bridgehead atoms. The Kier molecular flexibility index (Phi) is 2.85. The zero-order chi connectivity index (χ0) is 11.5. The summed E-state index contributed by atoms with van der Waals surface area (Å²) in [5.74, 6) is 0.631. The molecule has 0 amide bonds. The molecule has 0 atom stereocenters. The summed E-state index contributed by atoms with van der Waals surface area (Å²) >= 11 is 0. The van der Waals surface area contributed by atoms with Crippen LogP contribution >= 0.6 is 0 Å². The lowest BCUT2D eigenvalue weighted by atomic mass is 10.2. The molecule has 1 aromatic carbocycles. The van der Waals surface area contributed by atoms with Crippen molar-refractivity contribution in [3.05, 3.63) is 35.9 Å². The second kappa shape index (κ2) is 4.30. The molecule has 0 spiro atoms. The van der Waals surface area contributed by atoms with Gasteiger partial charge in [0.15, 0.2) is 11.6 Å². The molecule has 0 aliphatic carbocycles. The Morgan fingerprint density at radius 1 is 1.31 bits per heavy atom. The van der Waals surface area contributed by atoms with Crippen LogP contribution in [0.15, 0.2) is 24.3 Å². The zero-order valence-electron chi connectivity index (χ0n) is 9.07. The number of nitrogens with one attached hydrogen (secondary N) is 1. The van der Waals surface area contributed by atoms with Crippen LogP contribution in [-0.2, 0) is 0 Å². The largest absolute Gasteiger partial charge is 0.420 e. The van der Waals surface area contributed by atoms with Crippen molar-refractivity contribution in [2.24, 2.45) is 0 Å². The summed E-state index contributed by atoms with van der Waals surface area (Å²) in [5, 5.41) is 6.59. The van der Waals surface area contributed by atoms with Crippen molar-refractivity contribution in [3.8, 4) is 11.8 Å². The second-order valence-electron chi connectivity index (χ2n) is 3.69. The highest BCUT2D eigenvalue weighted by atomic mass is 19.1. The van der Waals surface area contributed by atoms with Crippen LogP contribution in [0.3, 0.4) is 0 Å². The molecule has 16 heavy (non-hydrogen) atoms. The molecule has 4 nitrogen and oxygen atoms in total. The molecular weight excluding hydrogens is 209 g/mol. The molecule has 1 N–H and O–H groups in total. The fourth-order valence-electron chi connectivity index (χ4n) is 1.19. The highest BCUT2D eigenvalue weighted by Gasteiger charge is 2.10. The summed E-state index contributed by atoms with van der Waals surface area (Å²) < 4.78 is 18.5. The van der Waals surface area contributed by atoms with Crippen molar-refractivity contribution in [1.82, 2.24) is 15.2 Å². The normalized spacial score (nSPS) is 10.8. The van der Waals surface area contributed by atoms with Gasteiger partial charge in [-0.05, 0) is 12.1 Å². The minimum Gasteiger partial charge on any atom is -0.420 e. The number of halogens is 1. The maximum absolute atomic E-state index is 13.2. The standard InChI is InChI=1S/C11H12FN3O/c1-7(2)10-13-11(15-14-10)16-9-6-4-3-5-8(9)12/h3-7H,1-2H3,(H,13,14,15). The van der Waals surface area contributed by atoms with Gasteiger partial charge in [-0.1, -0.05) is 26.0 Å². The SMILES string of the molecule is CC(C)c1nc(Oc2ccccc2F)n[nH]1. The number of rotatable bonds is 3. The number of aromatic nitrogens is 3. The van der Waals surface area contributed by atoms with Gasteiger partial charge in [0, 0.05) is 5.92 Å². The van der Waals surface area contributed by atoms with Crippen LogP contribution in [0.1, 0.15) is 25.6 Å². The first-order chi connectivity index (χ1) is 7.66. The van der Waals surface area contributed by atoms with Gasteiger partial charge in [-0.2, -0.15) is 4.98 Å². The van der Waals surface area contributed by atoms with E-state index in [1.807, 2.05) is 13.8 Å². The fraction of sp³-hybridized carbons (Fsp3) is 0.273. The van der Waals surface area contributed by atoms with Gasteiger partial charge in [0.05, 0.1) is 0 Å². The van der Waals surface area contributed by atoms with Crippen LogP contribution < -0.4 is 4.74 Å². The van der Waals surface area contributed by atoms with E-state index in [1.54, 1.807) is 12.1 Å². The van der Waals surface area contributed by atoms with E-state index in [0.717, 1.165) is 0 Å². The Bertz CT molecular complexity index is 482. The van der Waals surface area contributed by atoms with Gasteiger partial charge in [0.25, 0.3) is 0 Å². The fourth-order valence-corrected chi connectivity index (χ4v) is 1.19. The van der Waals surface area contributed by atoms with Crippen molar-refractivity contribution < 1.29 is 9.13 Å². The van der Waals surface area contributed by atoms with Crippen molar-refractivity contribution in [2.45, 2.75) is 19.8 Å². The second-order valence-corrected chi connectivity index (χ2v) is 3.69. The van der Waals surface area contributed by atoms with Gasteiger partial charge in [-0.15, -0.1) is 5.10 Å². The van der Waals surface area contributed by atoms with E-state index >= 15 is 0 Å². The molecule has 2 aromatic rings. The predicted molar refractivity (Wildman–Crippen MR) is 56.9 cm³/mol. The lowest BCUT2D eigenvalue weighted by Gasteiger charge is -2.00. The van der Waals surface area contributed by atoms with E-state index in [0.29, 0.717) is 5.82 Å². The molecule has 84 valence electrons. The van der Waals surface area contributed by atoms with Crippen LogP contribution in [0, 0.1) is 5.82 Å². The molecule has 0 aliphatic rings. The van der Waals surface area contributed by atoms with Gasteiger partial charge < -0.3 is 4.74 Å². The first-order valence-electron chi connectivity index (χ1n) is 5.01. The Labute approximate surface area is 92.5 Å². The summed E-state index contributed by atoms with van der Waals surface area (Å²) in [6, 6.07) is 6.27. The van der Waals surface area contributed by atoms with Crippen molar-refractivity contribution in [3.63, 3.8) is 0 Å². The third-order valence-corrected chi connectivity index (χ3v) is 2.07. The first-order valence-corrected chi connectivity index (χ1v) is 5.01. The molecule has 1 heterocycles. The predicted octanol–water partition coefficient (Wildman–Crippen LogP) is 2.86. The average Bonchev–Trinajstić information content (AvgIpc) is 2.70. The van der Waals surface area contributed by atoms with E-state index < -0.39 is 5.82 Å². The molecule has 0 aliphatic heterocycles. The average molecular weight is 221 g/mol. The molecule has 0 fully saturated rings. The van der Waals surface area contributed by atoms with E-state index in [-0.39, 0.29) is 17.7 Å². The smallest absolute Gasteiger partial charge is 0.341 e. The third kappa shape index (κ3) is 2.18. The molecular formula is C11H12FN3O. The summed E-state index contributed by atoms with van der Waals surface area (Å²) in [6.45, 7) is 3.96. The highest BCUT2D eigenvalue weighted by molar-refractivity contribution is 5.26. The maximum atomic E-state index is 13.2. The molecule has 0 unspecified atom stereocenters. The third-order valence-electron chi connectivity index (χ3n) is 2.07. The molecule has 5 heteroatoms. The van der Waals surface area contributed by atoms with Crippen LogP contribution in [0.5, 0.6) is 11.8 Å². The van der Waals surface area contributed by atoms with Gasteiger partial charge in [-0.25, -0.2) is 4.39 Å². The lowest BCUT2D eigenvalue weighted by Crippen LogP contribution is -1.91. The van der Waals surface area contributed by atoms with E-state index in [9.17, 15) is 4.39 Å². The molecule has 0 radical (unpaired) electrons. The van der Waals surface area contributed by atoms with Gasteiger partial charge in [0.2, 0.25) is 0 Å². The van der Waals surface area contributed by atoms with Crippen molar-refractivity contribution in [1.29, 1.82) is 0 Å². The van der Waals surface area contributed by atoms with Crippen molar-refractivity contribution in [2.75, 3.05) is 0 Å². The zero-order valence-corrected chi connectivity index (χ0v) is 9.07. The summed E-state index contributed by atoms with van der Waals surface area (Å²) in [5.41, 5.74) is 0. The molecule has 0 saturated carbocycles. The lowest BCUT2D eigenvalue weighted by molar-refractivity contribution is 0.412. The summed E-state index contributed by atoms with van der Waals surface area (Å²) in [7, 11) is 0. The summed E-state index contributed by atoms with van der Waals surface area (Å²) in [6.07, 6.45) is 0. The van der Waals surface area contributed by atoms with Crippen LogP contribution in [0.2, 0.25) is 0 Å². The van der Waals surface area contributed by atoms with E-state index in [2.05, 4.69) is 15.2 Å². The van der Waals surface area contributed by atoms with Gasteiger partial charge in [0.1, 0.15) is 5.82 Å². The number of nitrogens with zero attached hydrogens (tertiary/aromatic N) is 2. The Morgan fingerprint density at radius 2 is 2.06 bits per heavy atom. The monoisotopic (exact) mass is 221 g/mol. The van der Waals surface area contributed by atoms with Crippen LogP contribution in [-0.4, -0.2) is 15.2 Å². The molecule has 1 aromatic heterocycles. The van der Waals surface area contributed by atoms with Crippen molar-refractivity contribution >= 4 is 0 Å². The number of H-pyrrole nitrogens is 1. The molecule has 2 rings (SSSR count). The Morgan fingerprint density at radius 3 is 2.69 bits per heavy atom. The van der Waals surface area contributed by atoms with E-state index in [4.69, 9.17) is 4.74 Å². The number of benzene rings is 1. The number of para-hydroxylation sites is 1. The maximum Gasteiger partial charge on any atom is 0.341 e. The quantitative estimate of drug-likeness (QED) is 0.867. The molecule has 0 saturated heterocycles. The Hall–Kier alpha value is -1.91. The number of aromatic amines is 1. The van der Waals surface area contributed by atoms with Crippen LogP contribution in [0.25, 0.3) is 0 Å².